The van der Waals surface area contributed by atoms with Gasteiger partial charge >= 0.3 is 0 Å². The summed E-state index contributed by atoms with van der Waals surface area (Å²) in [5.41, 5.74) is 4.84. The van der Waals surface area contributed by atoms with Gasteiger partial charge in [-0.15, -0.1) is 0 Å². The maximum absolute atomic E-state index is 13.1. The molecular formula is C20H21N3O3. The van der Waals surface area contributed by atoms with Gasteiger partial charge in [0.2, 0.25) is 6.79 Å². The van der Waals surface area contributed by atoms with Gasteiger partial charge in [0.25, 0.3) is 0 Å². The number of hydrogen-bond donors (Lipinski definition) is 2. The molecule has 1 aromatic carbocycles. The molecule has 3 aliphatic rings. The van der Waals surface area contributed by atoms with Crippen molar-refractivity contribution in [3.8, 4) is 11.5 Å². The molecule has 2 aliphatic heterocycles. The fraction of sp³-hybridized carbons (Fsp3) is 0.400. The highest BCUT2D eigenvalue weighted by Gasteiger charge is 2.42. The first-order chi connectivity index (χ1) is 12.4. The molecule has 2 aromatic rings. The first-order valence-corrected chi connectivity index (χ1v) is 8.91. The van der Waals surface area contributed by atoms with E-state index in [1.807, 2.05) is 25.1 Å². The van der Waals surface area contributed by atoms with Crippen molar-refractivity contribution in [2.24, 2.45) is 5.41 Å². The number of aromatic amines is 1. The highest BCUT2D eigenvalue weighted by Crippen LogP contribution is 2.50. The molecule has 0 saturated heterocycles. The van der Waals surface area contributed by atoms with E-state index < -0.39 is 0 Å². The predicted octanol–water partition coefficient (Wildman–Crippen LogP) is 3.65. The van der Waals surface area contributed by atoms with Crippen LogP contribution < -0.4 is 14.8 Å². The second-order valence-electron chi connectivity index (χ2n) is 8.11. The lowest BCUT2D eigenvalue weighted by Crippen LogP contribution is -2.33. The molecule has 0 saturated carbocycles. The Morgan fingerprint density at radius 2 is 2.00 bits per heavy atom. The van der Waals surface area contributed by atoms with Gasteiger partial charge in [0.05, 0.1) is 0 Å². The number of aryl methyl sites for hydroxylation is 1. The molecule has 5 rings (SSSR count). The summed E-state index contributed by atoms with van der Waals surface area (Å²) < 4.78 is 11.0. The SMILES string of the molecule is Cc1[nH]nc2c1[C@H](c1ccc3c(c1)OCO3)C1=C(CC(C)(C)CC1=O)N2. The zero-order valence-electron chi connectivity index (χ0n) is 15.1. The zero-order valence-corrected chi connectivity index (χ0v) is 15.1. The molecule has 1 aliphatic carbocycles. The fourth-order valence-corrected chi connectivity index (χ4v) is 4.38. The van der Waals surface area contributed by atoms with E-state index in [2.05, 4.69) is 29.4 Å². The maximum atomic E-state index is 13.1. The number of H-pyrrole nitrogens is 1. The molecule has 1 aromatic heterocycles. The number of aromatic nitrogens is 2. The molecule has 134 valence electrons. The number of nitrogens with one attached hydrogen (secondary N) is 2. The molecule has 0 fully saturated rings. The summed E-state index contributed by atoms with van der Waals surface area (Å²) in [7, 11) is 0. The number of ketones is 1. The van der Waals surface area contributed by atoms with E-state index in [4.69, 9.17) is 9.47 Å². The Labute approximate surface area is 151 Å². The van der Waals surface area contributed by atoms with Gasteiger partial charge in [0.15, 0.2) is 23.1 Å². The summed E-state index contributed by atoms with van der Waals surface area (Å²) in [5.74, 6) is 2.36. The van der Waals surface area contributed by atoms with Gasteiger partial charge in [0, 0.05) is 34.9 Å². The molecule has 26 heavy (non-hydrogen) atoms. The van der Waals surface area contributed by atoms with Gasteiger partial charge in [0.1, 0.15) is 0 Å². The second kappa shape index (κ2) is 5.13. The molecule has 1 atom stereocenters. The van der Waals surface area contributed by atoms with Crippen LogP contribution in [-0.2, 0) is 4.79 Å². The summed E-state index contributed by atoms with van der Waals surface area (Å²) in [6.07, 6.45) is 1.39. The highest BCUT2D eigenvalue weighted by molar-refractivity contribution is 6.01. The Kier molecular flexibility index (Phi) is 3.05. The van der Waals surface area contributed by atoms with Crippen molar-refractivity contribution in [2.45, 2.75) is 39.5 Å². The van der Waals surface area contributed by atoms with Crippen LogP contribution in [0.2, 0.25) is 0 Å². The van der Waals surface area contributed by atoms with Gasteiger partial charge in [-0.2, -0.15) is 5.10 Å². The van der Waals surface area contributed by atoms with Crippen LogP contribution >= 0.6 is 0 Å². The van der Waals surface area contributed by atoms with Crippen LogP contribution in [0, 0.1) is 12.3 Å². The molecule has 0 bridgehead atoms. The number of Topliss-reactive ketones (excluding diaryl/α,β-unsaturated/α-hetero) is 1. The summed E-state index contributed by atoms with van der Waals surface area (Å²) in [6.45, 7) is 6.51. The largest absolute Gasteiger partial charge is 0.454 e. The third kappa shape index (κ3) is 2.18. The first kappa shape index (κ1) is 15.5. The third-order valence-corrected chi connectivity index (χ3v) is 5.49. The number of rotatable bonds is 1. The molecule has 2 N–H and O–H groups in total. The summed E-state index contributed by atoms with van der Waals surface area (Å²) in [5, 5.41) is 10.9. The number of fused-ring (bicyclic) bond motifs is 2. The molecule has 6 heteroatoms. The number of hydrogen-bond acceptors (Lipinski definition) is 5. The van der Waals surface area contributed by atoms with Crippen LogP contribution in [0.4, 0.5) is 5.82 Å². The minimum Gasteiger partial charge on any atom is -0.454 e. The van der Waals surface area contributed by atoms with Crippen molar-refractivity contribution in [1.82, 2.24) is 10.2 Å². The first-order valence-electron chi connectivity index (χ1n) is 8.91. The lowest BCUT2D eigenvalue weighted by molar-refractivity contribution is -0.118. The fourth-order valence-electron chi connectivity index (χ4n) is 4.38. The van der Waals surface area contributed by atoms with Crippen LogP contribution in [0.1, 0.15) is 49.4 Å². The summed E-state index contributed by atoms with van der Waals surface area (Å²) in [4.78, 5) is 13.1. The average molecular weight is 351 g/mol. The Hall–Kier alpha value is -2.76. The van der Waals surface area contributed by atoms with E-state index >= 15 is 0 Å². The Balaban J connectivity index is 1.71. The Morgan fingerprint density at radius 3 is 2.85 bits per heavy atom. The molecular weight excluding hydrogens is 330 g/mol. The van der Waals surface area contributed by atoms with Crippen molar-refractivity contribution in [1.29, 1.82) is 0 Å². The summed E-state index contributed by atoms with van der Waals surface area (Å²) >= 11 is 0. The molecule has 0 unspecified atom stereocenters. The molecule has 0 amide bonds. The smallest absolute Gasteiger partial charge is 0.231 e. The van der Waals surface area contributed by atoms with Crippen LogP contribution in [-0.4, -0.2) is 22.8 Å². The van der Waals surface area contributed by atoms with Crippen molar-refractivity contribution < 1.29 is 14.3 Å². The van der Waals surface area contributed by atoms with Crippen LogP contribution in [0.25, 0.3) is 0 Å². The van der Waals surface area contributed by atoms with E-state index in [1.165, 1.54) is 0 Å². The van der Waals surface area contributed by atoms with E-state index in [9.17, 15) is 4.79 Å². The van der Waals surface area contributed by atoms with Crippen LogP contribution in [0.5, 0.6) is 11.5 Å². The van der Waals surface area contributed by atoms with Crippen molar-refractivity contribution in [3.05, 3.63) is 46.3 Å². The Bertz CT molecular complexity index is 971. The van der Waals surface area contributed by atoms with Crippen molar-refractivity contribution in [3.63, 3.8) is 0 Å². The second-order valence-corrected chi connectivity index (χ2v) is 8.11. The van der Waals surface area contributed by atoms with Crippen LogP contribution in [0.3, 0.4) is 0 Å². The normalized spacial score (nSPS) is 22.7. The van der Waals surface area contributed by atoms with Gasteiger partial charge in [-0.05, 0) is 36.5 Å². The summed E-state index contributed by atoms with van der Waals surface area (Å²) in [6, 6.07) is 5.94. The van der Waals surface area contributed by atoms with Gasteiger partial charge in [-0.25, -0.2) is 0 Å². The average Bonchev–Trinajstić information content (AvgIpc) is 3.18. The van der Waals surface area contributed by atoms with E-state index in [0.29, 0.717) is 6.42 Å². The monoisotopic (exact) mass is 351 g/mol. The number of anilines is 1. The lowest BCUT2D eigenvalue weighted by Gasteiger charge is -2.38. The van der Waals surface area contributed by atoms with Gasteiger partial charge in [-0.1, -0.05) is 19.9 Å². The number of allylic oxidation sites excluding steroid dienone is 2. The molecule has 3 heterocycles. The topological polar surface area (TPSA) is 76.2 Å². The minimum atomic E-state index is -0.141. The van der Waals surface area contributed by atoms with Crippen molar-refractivity contribution in [2.75, 3.05) is 12.1 Å². The van der Waals surface area contributed by atoms with E-state index in [-0.39, 0.29) is 23.9 Å². The third-order valence-electron chi connectivity index (χ3n) is 5.49. The minimum absolute atomic E-state index is 0.0504. The van der Waals surface area contributed by atoms with Gasteiger partial charge < -0.3 is 14.8 Å². The van der Waals surface area contributed by atoms with E-state index in [0.717, 1.165) is 51.8 Å². The lowest BCUT2D eigenvalue weighted by atomic mass is 9.69. The van der Waals surface area contributed by atoms with E-state index in [1.54, 1.807) is 0 Å². The number of ether oxygens (including phenoxy) is 2. The highest BCUT2D eigenvalue weighted by atomic mass is 16.7. The number of carbonyl (C=O) groups excluding carboxylic acids is 1. The standard InChI is InChI=1S/C20H21N3O3/c1-10-16-17(11-4-5-14-15(6-11)26-9-25-14)18-12(21-19(16)23-22-10)7-20(2,3)8-13(18)24/h4-6,17H,7-9H2,1-3H3,(H2,21,22,23)/t17-/m0/s1. The number of benzene rings is 1. The van der Waals surface area contributed by atoms with Gasteiger partial charge in [-0.3, -0.25) is 9.89 Å². The zero-order chi connectivity index (χ0) is 18.1. The predicted molar refractivity (Wildman–Crippen MR) is 96.4 cm³/mol. The van der Waals surface area contributed by atoms with Crippen LogP contribution in [0.15, 0.2) is 29.5 Å². The van der Waals surface area contributed by atoms with Crippen molar-refractivity contribution >= 4 is 11.6 Å². The quantitative estimate of drug-likeness (QED) is 0.820. The Morgan fingerprint density at radius 1 is 1.19 bits per heavy atom. The molecule has 0 spiro atoms. The number of nitrogens with zero attached hydrogens (tertiary/aromatic N) is 1. The molecule has 6 nitrogen and oxygen atoms in total. The number of carbonyl (C=O) groups is 1. The maximum Gasteiger partial charge on any atom is 0.231 e. The molecule has 0 radical (unpaired) electrons.